The van der Waals surface area contributed by atoms with E-state index in [2.05, 4.69) is 29.1 Å². The van der Waals surface area contributed by atoms with E-state index in [4.69, 9.17) is 0 Å². The normalized spacial score (nSPS) is 26.5. The Morgan fingerprint density at radius 1 is 1.36 bits per heavy atom. The molecule has 5 heteroatoms. The van der Waals surface area contributed by atoms with Gasteiger partial charge in [0.2, 0.25) is 5.91 Å². The lowest BCUT2D eigenvalue weighted by atomic mass is 9.87. The minimum absolute atomic E-state index is 0.0585. The topological polar surface area (TPSA) is 47.9 Å². The van der Waals surface area contributed by atoms with Crippen molar-refractivity contribution < 1.29 is 4.79 Å². The maximum absolute atomic E-state index is 11.9. The third-order valence-corrected chi connectivity index (χ3v) is 5.26. The number of hydrogen-bond acceptors (Lipinski definition) is 2. The van der Waals surface area contributed by atoms with Crippen molar-refractivity contribution in [3.05, 3.63) is 0 Å². The maximum Gasteiger partial charge on any atom is 0.243 e. The SMILES string of the molecule is CCC1(C)CCN(C(=NCC(=O)N(C)C)NC2CCCC2)C1. The van der Waals surface area contributed by atoms with Crippen LogP contribution < -0.4 is 5.32 Å². The molecular formula is C17H32N4O. The lowest BCUT2D eigenvalue weighted by Gasteiger charge is -2.27. The summed E-state index contributed by atoms with van der Waals surface area (Å²) in [4.78, 5) is 20.4. The second-order valence-corrected chi connectivity index (χ2v) is 7.39. The van der Waals surface area contributed by atoms with Crippen LogP contribution in [-0.4, -0.2) is 61.4 Å². The minimum Gasteiger partial charge on any atom is -0.353 e. The van der Waals surface area contributed by atoms with Crippen LogP contribution in [-0.2, 0) is 4.79 Å². The van der Waals surface area contributed by atoms with Gasteiger partial charge >= 0.3 is 0 Å². The van der Waals surface area contributed by atoms with E-state index >= 15 is 0 Å². The smallest absolute Gasteiger partial charge is 0.243 e. The largest absolute Gasteiger partial charge is 0.353 e. The van der Waals surface area contributed by atoms with E-state index in [9.17, 15) is 4.79 Å². The molecule has 2 rings (SSSR count). The summed E-state index contributed by atoms with van der Waals surface area (Å²) in [6, 6.07) is 0.529. The van der Waals surface area contributed by atoms with E-state index < -0.39 is 0 Å². The highest BCUT2D eigenvalue weighted by Crippen LogP contribution is 2.33. The molecule has 1 heterocycles. The Bertz CT molecular complexity index is 415. The van der Waals surface area contributed by atoms with Crippen molar-refractivity contribution in [2.75, 3.05) is 33.7 Å². The second-order valence-electron chi connectivity index (χ2n) is 7.39. The average molecular weight is 308 g/mol. The lowest BCUT2D eigenvalue weighted by molar-refractivity contribution is -0.127. The van der Waals surface area contributed by atoms with E-state index in [1.54, 1.807) is 19.0 Å². The van der Waals surface area contributed by atoms with Crippen LogP contribution in [0.25, 0.3) is 0 Å². The summed E-state index contributed by atoms with van der Waals surface area (Å²) in [5.41, 5.74) is 0.379. The van der Waals surface area contributed by atoms with Crippen LogP contribution in [0.2, 0.25) is 0 Å². The molecule has 0 bridgehead atoms. The fourth-order valence-corrected chi connectivity index (χ4v) is 3.27. The summed E-state index contributed by atoms with van der Waals surface area (Å²) in [5, 5.41) is 3.62. The Balaban J connectivity index is 2.04. The van der Waals surface area contributed by atoms with Crippen molar-refractivity contribution in [2.45, 2.75) is 58.4 Å². The lowest BCUT2D eigenvalue weighted by Crippen LogP contribution is -2.45. The summed E-state index contributed by atoms with van der Waals surface area (Å²) in [5.74, 6) is 1.00. The Morgan fingerprint density at radius 2 is 2.05 bits per heavy atom. The van der Waals surface area contributed by atoms with Gasteiger partial charge in [-0.05, 0) is 31.1 Å². The zero-order valence-electron chi connectivity index (χ0n) is 14.7. The molecule has 1 aliphatic heterocycles. The second kappa shape index (κ2) is 7.34. The number of hydrogen-bond donors (Lipinski definition) is 1. The van der Waals surface area contributed by atoms with Gasteiger partial charge in [0.05, 0.1) is 0 Å². The number of carbonyl (C=O) groups excluding carboxylic acids is 1. The van der Waals surface area contributed by atoms with E-state index in [0.29, 0.717) is 11.5 Å². The number of guanidine groups is 1. The van der Waals surface area contributed by atoms with E-state index in [1.165, 1.54) is 38.5 Å². The van der Waals surface area contributed by atoms with Crippen LogP contribution in [0, 0.1) is 5.41 Å². The van der Waals surface area contributed by atoms with Gasteiger partial charge in [-0.1, -0.05) is 26.7 Å². The Kier molecular flexibility index (Phi) is 5.70. The van der Waals surface area contributed by atoms with Crippen molar-refractivity contribution in [3.8, 4) is 0 Å². The first-order valence-electron chi connectivity index (χ1n) is 8.69. The summed E-state index contributed by atoms with van der Waals surface area (Å²) in [6.07, 6.45) is 7.44. The molecule has 2 fully saturated rings. The number of amides is 1. The van der Waals surface area contributed by atoms with E-state index in [1.807, 2.05) is 0 Å². The van der Waals surface area contributed by atoms with Crippen LogP contribution in [0.3, 0.4) is 0 Å². The summed E-state index contributed by atoms with van der Waals surface area (Å²) in [6.45, 7) is 6.93. The van der Waals surface area contributed by atoms with Gasteiger partial charge < -0.3 is 15.1 Å². The fourth-order valence-electron chi connectivity index (χ4n) is 3.27. The number of nitrogens with one attached hydrogen (secondary N) is 1. The fraction of sp³-hybridized carbons (Fsp3) is 0.882. The molecule has 126 valence electrons. The summed E-state index contributed by atoms with van der Waals surface area (Å²) >= 11 is 0. The van der Waals surface area contributed by atoms with Gasteiger partial charge in [0.15, 0.2) is 5.96 Å². The van der Waals surface area contributed by atoms with Crippen LogP contribution in [0.4, 0.5) is 0 Å². The molecule has 5 nitrogen and oxygen atoms in total. The van der Waals surface area contributed by atoms with Gasteiger partial charge in [-0.3, -0.25) is 4.79 Å². The number of likely N-dealkylation sites (tertiary alicyclic amines) is 1. The van der Waals surface area contributed by atoms with Gasteiger partial charge in [0.25, 0.3) is 0 Å². The number of carbonyl (C=O) groups is 1. The molecule has 1 atom stereocenters. The Morgan fingerprint density at radius 3 is 2.59 bits per heavy atom. The molecule has 0 aromatic carbocycles. The maximum atomic E-state index is 11.9. The number of aliphatic imine (C=N–C) groups is 1. The predicted molar refractivity (Wildman–Crippen MR) is 91.0 cm³/mol. The molecule has 2 aliphatic rings. The number of nitrogens with zero attached hydrogens (tertiary/aromatic N) is 3. The molecule has 1 saturated carbocycles. The van der Waals surface area contributed by atoms with Gasteiger partial charge in [-0.15, -0.1) is 0 Å². The molecule has 1 aliphatic carbocycles. The zero-order valence-corrected chi connectivity index (χ0v) is 14.7. The van der Waals surface area contributed by atoms with Gasteiger partial charge in [-0.25, -0.2) is 4.99 Å². The minimum atomic E-state index is 0.0585. The molecule has 0 radical (unpaired) electrons. The first kappa shape index (κ1) is 17.1. The molecule has 0 spiro atoms. The van der Waals surface area contributed by atoms with Crippen LogP contribution >= 0.6 is 0 Å². The molecule has 1 N–H and O–H groups in total. The average Bonchev–Trinajstić information content (AvgIpc) is 3.13. The first-order chi connectivity index (χ1) is 10.4. The Labute approximate surface area is 135 Å². The monoisotopic (exact) mass is 308 g/mol. The van der Waals surface area contributed by atoms with Crippen molar-refractivity contribution in [2.24, 2.45) is 10.4 Å². The van der Waals surface area contributed by atoms with Crippen LogP contribution in [0.1, 0.15) is 52.4 Å². The predicted octanol–water partition coefficient (Wildman–Crippen LogP) is 2.08. The summed E-state index contributed by atoms with van der Waals surface area (Å²) in [7, 11) is 3.57. The van der Waals surface area contributed by atoms with Crippen molar-refractivity contribution in [1.82, 2.24) is 15.1 Å². The van der Waals surface area contributed by atoms with Gasteiger partial charge in [0.1, 0.15) is 6.54 Å². The third-order valence-electron chi connectivity index (χ3n) is 5.26. The number of likely N-dealkylation sites (N-methyl/N-ethyl adjacent to an activating group) is 1. The molecule has 0 aromatic heterocycles. The molecule has 1 unspecified atom stereocenters. The van der Waals surface area contributed by atoms with E-state index in [0.717, 1.165) is 19.0 Å². The summed E-state index contributed by atoms with van der Waals surface area (Å²) < 4.78 is 0. The molecule has 1 amide bonds. The van der Waals surface area contributed by atoms with Crippen LogP contribution in [0.5, 0.6) is 0 Å². The van der Waals surface area contributed by atoms with Crippen molar-refractivity contribution >= 4 is 11.9 Å². The zero-order chi connectivity index (χ0) is 16.2. The highest BCUT2D eigenvalue weighted by atomic mass is 16.2. The van der Waals surface area contributed by atoms with Gasteiger partial charge in [-0.2, -0.15) is 0 Å². The quantitative estimate of drug-likeness (QED) is 0.639. The van der Waals surface area contributed by atoms with Crippen molar-refractivity contribution in [1.29, 1.82) is 0 Å². The highest BCUT2D eigenvalue weighted by molar-refractivity contribution is 5.85. The van der Waals surface area contributed by atoms with E-state index in [-0.39, 0.29) is 12.5 Å². The first-order valence-corrected chi connectivity index (χ1v) is 8.69. The Hall–Kier alpha value is -1.26. The highest BCUT2D eigenvalue weighted by Gasteiger charge is 2.34. The molecular weight excluding hydrogens is 276 g/mol. The van der Waals surface area contributed by atoms with Crippen molar-refractivity contribution in [3.63, 3.8) is 0 Å². The molecule has 0 aromatic rings. The molecule has 22 heavy (non-hydrogen) atoms. The molecule has 1 saturated heterocycles. The standard InChI is InChI=1S/C17H32N4O/c1-5-17(2)10-11-21(13-17)16(18-12-15(22)20(3)4)19-14-8-6-7-9-14/h14H,5-13H2,1-4H3,(H,18,19). The number of rotatable bonds is 4. The van der Waals surface area contributed by atoms with Crippen LogP contribution in [0.15, 0.2) is 4.99 Å². The van der Waals surface area contributed by atoms with Gasteiger partial charge in [0, 0.05) is 33.2 Å². The third kappa shape index (κ3) is 4.37.